The standard InChI is InChI=1S/C6H13NO2S/c1-5-3-4-6(7-5)10(2,8)9/h5-7H,3-4H2,1-2H3. The van der Waals surface area contributed by atoms with Gasteiger partial charge >= 0.3 is 0 Å². The maximum atomic E-state index is 10.9. The number of sulfone groups is 1. The molecule has 2 atom stereocenters. The molecule has 0 spiro atoms. The third-order valence-electron chi connectivity index (χ3n) is 1.85. The van der Waals surface area contributed by atoms with Crippen molar-refractivity contribution in [2.24, 2.45) is 0 Å². The Morgan fingerprint density at radius 3 is 2.20 bits per heavy atom. The van der Waals surface area contributed by atoms with Crippen molar-refractivity contribution in [3.63, 3.8) is 0 Å². The molecule has 0 amide bonds. The molecule has 60 valence electrons. The Bertz CT molecular complexity index is 210. The first-order chi connectivity index (χ1) is 4.50. The van der Waals surface area contributed by atoms with E-state index in [0.717, 1.165) is 12.8 Å². The molecule has 1 saturated heterocycles. The zero-order valence-corrected chi connectivity index (χ0v) is 7.11. The molecule has 1 aliphatic heterocycles. The van der Waals surface area contributed by atoms with E-state index in [0.29, 0.717) is 6.04 Å². The van der Waals surface area contributed by atoms with E-state index in [1.807, 2.05) is 6.92 Å². The van der Waals surface area contributed by atoms with Gasteiger partial charge in [0.25, 0.3) is 0 Å². The van der Waals surface area contributed by atoms with Gasteiger partial charge in [0.15, 0.2) is 9.84 Å². The van der Waals surface area contributed by atoms with Gasteiger partial charge in [-0.05, 0) is 19.8 Å². The lowest BCUT2D eigenvalue weighted by Crippen LogP contribution is -2.33. The van der Waals surface area contributed by atoms with Crippen LogP contribution < -0.4 is 5.32 Å². The van der Waals surface area contributed by atoms with E-state index in [1.54, 1.807) is 0 Å². The second-order valence-electron chi connectivity index (χ2n) is 2.96. The van der Waals surface area contributed by atoms with Crippen LogP contribution in [0.4, 0.5) is 0 Å². The van der Waals surface area contributed by atoms with E-state index in [-0.39, 0.29) is 5.37 Å². The highest BCUT2D eigenvalue weighted by atomic mass is 32.2. The minimum absolute atomic E-state index is 0.289. The number of rotatable bonds is 1. The molecule has 1 aliphatic rings. The highest BCUT2D eigenvalue weighted by Gasteiger charge is 2.27. The van der Waals surface area contributed by atoms with Crippen molar-refractivity contribution in [1.82, 2.24) is 5.32 Å². The molecule has 10 heavy (non-hydrogen) atoms. The first-order valence-electron chi connectivity index (χ1n) is 3.45. The second kappa shape index (κ2) is 2.51. The largest absolute Gasteiger partial charge is 0.299 e. The van der Waals surface area contributed by atoms with Crippen LogP contribution in [-0.4, -0.2) is 26.1 Å². The van der Waals surface area contributed by atoms with Gasteiger partial charge in [0.05, 0.1) is 0 Å². The quantitative estimate of drug-likeness (QED) is 0.597. The maximum Gasteiger partial charge on any atom is 0.163 e. The zero-order chi connectivity index (χ0) is 7.78. The molecule has 0 aliphatic carbocycles. The molecular formula is C6H13NO2S. The van der Waals surface area contributed by atoms with Crippen molar-refractivity contribution in [1.29, 1.82) is 0 Å². The Labute approximate surface area is 61.7 Å². The van der Waals surface area contributed by atoms with Crippen LogP contribution >= 0.6 is 0 Å². The fraction of sp³-hybridized carbons (Fsp3) is 1.00. The van der Waals surface area contributed by atoms with E-state index in [9.17, 15) is 8.42 Å². The van der Waals surface area contributed by atoms with E-state index in [1.165, 1.54) is 6.26 Å². The molecule has 0 aromatic heterocycles. The van der Waals surface area contributed by atoms with Crippen LogP contribution in [0.1, 0.15) is 19.8 Å². The fourth-order valence-corrected chi connectivity index (χ4v) is 2.27. The summed E-state index contributed by atoms with van der Waals surface area (Å²) in [4.78, 5) is 0. The van der Waals surface area contributed by atoms with Crippen LogP contribution in [0.15, 0.2) is 0 Å². The zero-order valence-electron chi connectivity index (χ0n) is 6.29. The minimum atomic E-state index is -2.85. The predicted octanol–water partition coefficient (Wildman–Crippen LogP) is 0.129. The molecule has 1 rings (SSSR count). The smallest absolute Gasteiger partial charge is 0.163 e. The van der Waals surface area contributed by atoms with E-state index >= 15 is 0 Å². The topological polar surface area (TPSA) is 46.2 Å². The van der Waals surface area contributed by atoms with Gasteiger partial charge in [0.2, 0.25) is 0 Å². The van der Waals surface area contributed by atoms with Crippen LogP contribution in [0.2, 0.25) is 0 Å². The van der Waals surface area contributed by atoms with Gasteiger partial charge in [-0.25, -0.2) is 8.42 Å². The summed E-state index contributed by atoms with van der Waals surface area (Å²) in [5.41, 5.74) is 0. The van der Waals surface area contributed by atoms with E-state index in [2.05, 4.69) is 5.32 Å². The number of hydrogen-bond acceptors (Lipinski definition) is 3. The Hall–Kier alpha value is -0.0900. The lowest BCUT2D eigenvalue weighted by molar-refractivity contribution is 0.568. The minimum Gasteiger partial charge on any atom is -0.299 e. The molecule has 2 unspecified atom stereocenters. The van der Waals surface area contributed by atoms with Gasteiger partial charge in [-0.15, -0.1) is 0 Å². The molecule has 1 N–H and O–H groups in total. The van der Waals surface area contributed by atoms with Crippen LogP contribution in [0.25, 0.3) is 0 Å². The van der Waals surface area contributed by atoms with Crippen LogP contribution in [0.5, 0.6) is 0 Å². The molecule has 0 aromatic carbocycles. The Balaban J connectivity index is 2.62. The summed E-state index contributed by atoms with van der Waals surface area (Å²) in [6.07, 6.45) is 3.01. The third-order valence-corrected chi connectivity index (χ3v) is 3.25. The Morgan fingerprint density at radius 1 is 1.40 bits per heavy atom. The summed E-state index contributed by atoms with van der Waals surface area (Å²) in [5.74, 6) is 0. The number of hydrogen-bond donors (Lipinski definition) is 1. The molecule has 0 saturated carbocycles. The molecule has 1 heterocycles. The van der Waals surface area contributed by atoms with Gasteiger partial charge in [-0.2, -0.15) is 0 Å². The lowest BCUT2D eigenvalue weighted by Gasteiger charge is -2.07. The van der Waals surface area contributed by atoms with Gasteiger partial charge < -0.3 is 0 Å². The SMILES string of the molecule is CC1CCC(S(C)(=O)=O)N1. The van der Waals surface area contributed by atoms with Crippen molar-refractivity contribution in [3.05, 3.63) is 0 Å². The summed E-state index contributed by atoms with van der Waals surface area (Å²) in [7, 11) is -2.85. The summed E-state index contributed by atoms with van der Waals surface area (Å²) in [5, 5.41) is 2.72. The van der Waals surface area contributed by atoms with E-state index in [4.69, 9.17) is 0 Å². The Morgan fingerprint density at radius 2 is 2.00 bits per heavy atom. The lowest BCUT2D eigenvalue weighted by atomic mass is 10.3. The van der Waals surface area contributed by atoms with Crippen LogP contribution in [0.3, 0.4) is 0 Å². The maximum absolute atomic E-state index is 10.9. The molecular weight excluding hydrogens is 150 g/mol. The molecule has 4 heteroatoms. The summed E-state index contributed by atoms with van der Waals surface area (Å²) in [6, 6.07) is 0.361. The molecule has 0 bridgehead atoms. The first kappa shape index (κ1) is 8.01. The average molecular weight is 163 g/mol. The van der Waals surface area contributed by atoms with Crippen molar-refractivity contribution >= 4 is 9.84 Å². The highest BCUT2D eigenvalue weighted by Crippen LogP contribution is 2.15. The molecule has 1 fully saturated rings. The number of nitrogens with one attached hydrogen (secondary N) is 1. The van der Waals surface area contributed by atoms with Crippen LogP contribution in [0, 0.1) is 0 Å². The van der Waals surface area contributed by atoms with Gasteiger partial charge in [0, 0.05) is 12.3 Å². The highest BCUT2D eigenvalue weighted by molar-refractivity contribution is 7.91. The van der Waals surface area contributed by atoms with Crippen molar-refractivity contribution in [3.8, 4) is 0 Å². The summed E-state index contributed by atoms with van der Waals surface area (Å²) < 4.78 is 21.8. The fourth-order valence-electron chi connectivity index (χ4n) is 1.22. The molecule has 0 aromatic rings. The predicted molar refractivity (Wildman–Crippen MR) is 40.5 cm³/mol. The van der Waals surface area contributed by atoms with Gasteiger partial charge in [-0.1, -0.05) is 0 Å². The second-order valence-corrected chi connectivity index (χ2v) is 5.19. The summed E-state index contributed by atoms with van der Waals surface area (Å²) >= 11 is 0. The monoisotopic (exact) mass is 163 g/mol. The van der Waals surface area contributed by atoms with Crippen LogP contribution in [-0.2, 0) is 9.84 Å². The average Bonchev–Trinajstić information content (AvgIpc) is 2.11. The van der Waals surface area contributed by atoms with Gasteiger partial charge in [0.1, 0.15) is 5.37 Å². The normalized spacial score (nSPS) is 34.6. The Kier molecular flexibility index (Phi) is 2.01. The molecule has 3 nitrogen and oxygen atoms in total. The molecule has 0 radical (unpaired) electrons. The summed E-state index contributed by atoms with van der Waals surface area (Å²) in [6.45, 7) is 2.01. The van der Waals surface area contributed by atoms with Crippen molar-refractivity contribution in [2.45, 2.75) is 31.2 Å². The van der Waals surface area contributed by atoms with Gasteiger partial charge in [-0.3, -0.25) is 5.32 Å². The van der Waals surface area contributed by atoms with E-state index < -0.39 is 9.84 Å². The van der Waals surface area contributed by atoms with Crippen molar-refractivity contribution < 1.29 is 8.42 Å². The third kappa shape index (κ3) is 1.70. The van der Waals surface area contributed by atoms with Crippen molar-refractivity contribution in [2.75, 3.05) is 6.26 Å². The first-order valence-corrected chi connectivity index (χ1v) is 5.40.